The van der Waals surface area contributed by atoms with Gasteiger partial charge in [-0.2, -0.15) is 5.10 Å². The van der Waals surface area contributed by atoms with Crippen molar-refractivity contribution in [2.45, 2.75) is 18.9 Å². The van der Waals surface area contributed by atoms with Crippen LogP contribution >= 0.6 is 35.3 Å². The van der Waals surface area contributed by atoms with Crippen LogP contribution in [0.5, 0.6) is 0 Å². The maximum atomic E-state index is 4.50. The Morgan fingerprint density at radius 3 is 3.00 bits per heavy atom. The number of hydrogen-bond donors (Lipinski definition) is 1. The van der Waals surface area contributed by atoms with Gasteiger partial charge in [0, 0.05) is 50.5 Å². The van der Waals surface area contributed by atoms with Crippen molar-refractivity contribution < 1.29 is 0 Å². The van der Waals surface area contributed by atoms with E-state index in [9.17, 15) is 0 Å². The van der Waals surface area contributed by atoms with E-state index in [1.807, 2.05) is 25.0 Å². The normalized spacial score (nSPS) is 17.5. The molecule has 26 heavy (non-hydrogen) atoms. The smallest absolute Gasteiger partial charge is 0.193 e. The molecular formula is C19H24IN5S. The molecule has 3 heterocycles. The van der Waals surface area contributed by atoms with Crippen molar-refractivity contribution in [2.75, 3.05) is 20.1 Å². The zero-order chi connectivity index (χ0) is 17.2. The number of thiophene rings is 1. The van der Waals surface area contributed by atoms with E-state index in [4.69, 9.17) is 0 Å². The van der Waals surface area contributed by atoms with Crippen molar-refractivity contribution in [3.8, 4) is 0 Å². The second-order valence-corrected chi connectivity index (χ2v) is 7.45. The molecule has 138 valence electrons. The molecule has 1 N–H and O–H groups in total. The number of aryl methyl sites for hydroxylation is 1. The number of hydrogen-bond acceptors (Lipinski definition) is 3. The Hall–Kier alpha value is -1.61. The second kappa shape index (κ2) is 8.39. The minimum Gasteiger partial charge on any atom is -0.352 e. The Labute approximate surface area is 175 Å². The van der Waals surface area contributed by atoms with E-state index < -0.39 is 0 Å². The van der Waals surface area contributed by atoms with Gasteiger partial charge in [0.2, 0.25) is 0 Å². The van der Waals surface area contributed by atoms with Gasteiger partial charge in [-0.1, -0.05) is 18.2 Å². The SMILES string of the molecule is CN=C(NCc1csc2ccccc12)N1CCC(c2cnn(C)c2)C1.I. The van der Waals surface area contributed by atoms with Crippen molar-refractivity contribution in [1.29, 1.82) is 0 Å². The summed E-state index contributed by atoms with van der Waals surface area (Å²) in [5.74, 6) is 1.52. The third kappa shape index (κ3) is 3.88. The quantitative estimate of drug-likeness (QED) is 0.352. The summed E-state index contributed by atoms with van der Waals surface area (Å²) in [6, 6.07) is 8.57. The Morgan fingerprint density at radius 1 is 1.38 bits per heavy atom. The number of benzene rings is 1. The molecule has 1 fully saturated rings. The molecule has 1 aliphatic heterocycles. The standard InChI is InChI=1S/C19H23N5S.HI/c1-20-19(21-9-16-13-25-18-6-4-3-5-17(16)18)24-8-7-14(12-24)15-10-22-23(2)11-15;/h3-6,10-11,13-14H,7-9,12H2,1-2H3,(H,20,21);1H. The van der Waals surface area contributed by atoms with Gasteiger partial charge < -0.3 is 10.2 Å². The number of guanidine groups is 1. The zero-order valence-corrected chi connectivity index (χ0v) is 18.2. The Bertz CT molecular complexity index is 900. The monoisotopic (exact) mass is 481 g/mol. The van der Waals surface area contributed by atoms with Crippen LogP contribution < -0.4 is 5.32 Å². The molecular weight excluding hydrogens is 457 g/mol. The summed E-state index contributed by atoms with van der Waals surface area (Å²) in [4.78, 5) is 6.85. The van der Waals surface area contributed by atoms with E-state index >= 15 is 0 Å². The van der Waals surface area contributed by atoms with Crippen LogP contribution in [0.3, 0.4) is 0 Å². The number of aliphatic imine (C=N–C) groups is 1. The van der Waals surface area contributed by atoms with Gasteiger partial charge >= 0.3 is 0 Å². The topological polar surface area (TPSA) is 45.5 Å². The van der Waals surface area contributed by atoms with E-state index in [2.05, 4.69) is 56.2 Å². The van der Waals surface area contributed by atoms with Crippen molar-refractivity contribution in [3.63, 3.8) is 0 Å². The fraction of sp³-hybridized carbons (Fsp3) is 0.368. The molecule has 0 bridgehead atoms. The van der Waals surface area contributed by atoms with Crippen LogP contribution in [0.4, 0.5) is 0 Å². The van der Waals surface area contributed by atoms with Gasteiger partial charge in [-0.05, 0) is 34.4 Å². The number of aromatic nitrogens is 2. The summed E-state index contributed by atoms with van der Waals surface area (Å²) in [5, 5.41) is 11.4. The van der Waals surface area contributed by atoms with E-state index in [-0.39, 0.29) is 24.0 Å². The average Bonchev–Trinajstić information content (AvgIpc) is 3.35. The number of rotatable bonds is 3. The molecule has 4 rings (SSSR count). The highest BCUT2D eigenvalue weighted by molar-refractivity contribution is 14.0. The van der Waals surface area contributed by atoms with Crippen LogP contribution in [0, 0.1) is 0 Å². The van der Waals surface area contributed by atoms with Crippen molar-refractivity contribution in [1.82, 2.24) is 20.0 Å². The average molecular weight is 481 g/mol. The molecule has 1 atom stereocenters. The molecule has 0 radical (unpaired) electrons. The molecule has 2 aromatic heterocycles. The molecule has 5 nitrogen and oxygen atoms in total. The van der Waals surface area contributed by atoms with Crippen molar-refractivity contribution in [2.24, 2.45) is 12.0 Å². The largest absolute Gasteiger partial charge is 0.352 e. The summed E-state index contributed by atoms with van der Waals surface area (Å²) in [6.45, 7) is 2.84. The third-order valence-corrected chi connectivity index (χ3v) is 5.91. The summed E-state index contributed by atoms with van der Waals surface area (Å²) < 4.78 is 3.22. The highest BCUT2D eigenvalue weighted by Crippen LogP contribution is 2.27. The Kier molecular flexibility index (Phi) is 6.18. The van der Waals surface area contributed by atoms with E-state index in [1.54, 1.807) is 11.3 Å². The third-order valence-electron chi connectivity index (χ3n) is 4.89. The maximum absolute atomic E-state index is 4.50. The molecule has 0 amide bonds. The number of nitrogens with zero attached hydrogens (tertiary/aromatic N) is 4. The maximum Gasteiger partial charge on any atom is 0.193 e. The van der Waals surface area contributed by atoms with E-state index in [1.165, 1.54) is 21.2 Å². The van der Waals surface area contributed by atoms with E-state index in [0.717, 1.165) is 32.0 Å². The van der Waals surface area contributed by atoms with Crippen LogP contribution in [0.25, 0.3) is 10.1 Å². The predicted molar refractivity (Wildman–Crippen MR) is 120 cm³/mol. The summed E-state index contributed by atoms with van der Waals surface area (Å²) in [7, 11) is 3.84. The van der Waals surface area contributed by atoms with Crippen LogP contribution in [0.2, 0.25) is 0 Å². The highest BCUT2D eigenvalue weighted by atomic mass is 127. The van der Waals surface area contributed by atoms with Gasteiger partial charge in [-0.3, -0.25) is 9.67 Å². The second-order valence-electron chi connectivity index (χ2n) is 6.54. The fourth-order valence-electron chi connectivity index (χ4n) is 3.55. The molecule has 7 heteroatoms. The number of likely N-dealkylation sites (tertiary alicyclic amines) is 1. The lowest BCUT2D eigenvalue weighted by Crippen LogP contribution is -2.39. The molecule has 1 saturated heterocycles. The first kappa shape index (κ1) is 19.2. The lowest BCUT2D eigenvalue weighted by atomic mass is 10.0. The van der Waals surface area contributed by atoms with E-state index in [0.29, 0.717) is 5.92 Å². The lowest BCUT2D eigenvalue weighted by Gasteiger charge is -2.21. The van der Waals surface area contributed by atoms with Crippen molar-refractivity contribution >= 4 is 51.4 Å². The summed E-state index contributed by atoms with van der Waals surface area (Å²) in [5.41, 5.74) is 2.66. The Balaban J connectivity index is 0.00000196. The van der Waals surface area contributed by atoms with Gasteiger partial charge in [-0.25, -0.2) is 0 Å². The van der Waals surface area contributed by atoms with Gasteiger partial charge in [0.15, 0.2) is 5.96 Å². The Morgan fingerprint density at radius 2 is 2.23 bits per heavy atom. The lowest BCUT2D eigenvalue weighted by molar-refractivity contribution is 0.486. The molecule has 0 saturated carbocycles. The number of halogens is 1. The highest BCUT2D eigenvalue weighted by Gasteiger charge is 2.26. The first-order valence-electron chi connectivity index (χ1n) is 8.64. The molecule has 0 aliphatic carbocycles. The van der Waals surface area contributed by atoms with Crippen LogP contribution in [0.1, 0.15) is 23.5 Å². The minimum absolute atomic E-state index is 0. The van der Waals surface area contributed by atoms with Gasteiger partial charge in [0.1, 0.15) is 0 Å². The van der Waals surface area contributed by atoms with Crippen LogP contribution in [-0.4, -0.2) is 40.8 Å². The minimum atomic E-state index is 0. The molecule has 3 aromatic rings. The first-order valence-corrected chi connectivity index (χ1v) is 9.52. The van der Waals surface area contributed by atoms with Crippen LogP contribution in [0.15, 0.2) is 47.0 Å². The van der Waals surface area contributed by atoms with Crippen molar-refractivity contribution in [3.05, 3.63) is 53.2 Å². The summed E-state index contributed by atoms with van der Waals surface area (Å²) >= 11 is 1.80. The number of fused-ring (bicyclic) bond motifs is 1. The van der Waals surface area contributed by atoms with Crippen LogP contribution in [-0.2, 0) is 13.6 Å². The predicted octanol–water partition coefficient (Wildman–Crippen LogP) is 3.82. The molecule has 1 unspecified atom stereocenters. The first-order chi connectivity index (χ1) is 12.2. The molecule has 1 aliphatic rings. The number of nitrogens with one attached hydrogen (secondary N) is 1. The van der Waals surface area contributed by atoms with Gasteiger partial charge in [-0.15, -0.1) is 35.3 Å². The molecule has 0 spiro atoms. The van der Waals surface area contributed by atoms with Gasteiger partial charge in [0.25, 0.3) is 0 Å². The fourth-order valence-corrected chi connectivity index (χ4v) is 4.51. The van der Waals surface area contributed by atoms with Gasteiger partial charge in [0.05, 0.1) is 6.20 Å². The zero-order valence-electron chi connectivity index (χ0n) is 15.1. The summed E-state index contributed by atoms with van der Waals surface area (Å²) in [6.07, 6.45) is 5.26. The molecule has 1 aromatic carbocycles.